The second kappa shape index (κ2) is 13.1. The molecule has 4 heterocycles. The summed E-state index contributed by atoms with van der Waals surface area (Å²) in [6.45, 7) is 3.22. The van der Waals surface area contributed by atoms with Crippen LogP contribution in [0.3, 0.4) is 0 Å². The molecule has 0 amide bonds. The molecule has 2 bridgehead atoms. The third-order valence-electron chi connectivity index (χ3n) is 6.06. The van der Waals surface area contributed by atoms with Crippen LogP contribution < -0.4 is 4.74 Å². The van der Waals surface area contributed by atoms with Crippen molar-refractivity contribution in [2.45, 2.75) is 50.1 Å². The zero-order valence-corrected chi connectivity index (χ0v) is 20.0. The summed E-state index contributed by atoms with van der Waals surface area (Å²) < 4.78 is 45.2. The van der Waals surface area contributed by atoms with Crippen molar-refractivity contribution in [3.8, 4) is 5.75 Å². The lowest BCUT2D eigenvalue weighted by Gasteiger charge is -2.31. The smallest absolute Gasteiger partial charge is 0.361 e. The van der Waals surface area contributed by atoms with Gasteiger partial charge in [-0.25, -0.2) is 14.6 Å². The van der Waals surface area contributed by atoms with Crippen LogP contribution in [0.25, 0.3) is 0 Å². The average Bonchev–Trinajstić information content (AvgIpc) is 2.88. The number of hydrogen-bond acceptors (Lipinski definition) is 11. The minimum atomic E-state index is -0.706. The van der Waals surface area contributed by atoms with Crippen molar-refractivity contribution < 1.29 is 47.5 Å². The van der Waals surface area contributed by atoms with Crippen LogP contribution in [0.1, 0.15) is 46.7 Å². The lowest BCUT2D eigenvalue weighted by atomic mass is 10.1. The molecule has 1 aromatic heterocycles. The van der Waals surface area contributed by atoms with E-state index in [-0.39, 0.29) is 30.4 Å². The van der Waals surface area contributed by atoms with E-state index < -0.39 is 36.4 Å². The largest absolute Gasteiger partial charge is 0.494 e. The zero-order valence-electron chi connectivity index (χ0n) is 20.0. The van der Waals surface area contributed by atoms with E-state index in [0.29, 0.717) is 52.5 Å². The lowest BCUT2D eigenvalue weighted by Crippen LogP contribution is -2.41. The van der Waals surface area contributed by atoms with Crippen molar-refractivity contribution in [2.24, 2.45) is 0 Å². The van der Waals surface area contributed by atoms with Crippen molar-refractivity contribution in [1.82, 2.24) is 4.98 Å². The standard InChI is InChI=1S/C24H33NO10/c1-28-19-7-6-16-23(26)34-17-4-2-8-32-20(17)14-30-12-10-29-11-13-31-15-21-18(5-3-9-33-21)35-24(27)22(19)25-16/h6-7,17-18,20-21H,2-5,8-15H2,1H3/t17-,18-,20-,21-/m1/s1. The van der Waals surface area contributed by atoms with Crippen LogP contribution in [-0.4, -0.2) is 101 Å². The van der Waals surface area contributed by atoms with E-state index in [4.69, 9.17) is 37.9 Å². The van der Waals surface area contributed by atoms with Crippen molar-refractivity contribution >= 4 is 11.9 Å². The van der Waals surface area contributed by atoms with Crippen LogP contribution in [0, 0.1) is 0 Å². The fraction of sp³-hybridized carbons (Fsp3) is 0.708. The zero-order chi connectivity index (χ0) is 24.5. The molecule has 2 saturated heterocycles. The molecular weight excluding hydrogens is 462 g/mol. The molecule has 194 valence electrons. The minimum absolute atomic E-state index is 0.0226. The fourth-order valence-electron chi connectivity index (χ4n) is 4.20. The Balaban J connectivity index is 1.54. The number of carbonyl (C=O) groups excluding carboxylic acids is 2. The molecule has 3 aliphatic rings. The van der Waals surface area contributed by atoms with Crippen molar-refractivity contribution in [3.05, 3.63) is 23.5 Å². The Morgan fingerprint density at radius 1 is 0.743 bits per heavy atom. The summed E-state index contributed by atoms with van der Waals surface area (Å²) in [5, 5.41) is 0. The highest BCUT2D eigenvalue weighted by Gasteiger charge is 2.33. The Labute approximate surface area is 204 Å². The first-order chi connectivity index (χ1) is 17.2. The molecule has 0 aliphatic carbocycles. The maximum Gasteiger partial charge on any atom is 0.361 e. The van der Waals surface area contributed by atoms with Gasteiger partial charge in [0.05, 0.1) is 46.8 Å². The summed E-state index contributed by atoms with van der Waals surface area (Å²) in [4.78, 5) is 30.2. The lowest BCUT2D eigenvalue weighted by molar-refractivity contribution is -0.121. The molecule has 4 atom stereocenters. The number of nitrogens with zero attached hydrogens (tertiary/aromatic N) is 1. The SMILES string of the molecule is COc1ccc2nc1C(=O)O[C@@H]1CCCO[C@@H]1COCCOCCOC[C@H]1OCCC[C@H]1OC2=O. The normalized spacial score (nSPS) is 29.6. The highest BCUT2D eigenvalue weighted by molar-refractivity contribution is 5.93. The molecule has 11 nitrogen and oxygen atoms in total. The van der Waals surface area contributed by atoms with Gasteiger partial charge in [-0.05, 0) is 37.8 Å². The van der Waals surface area contributed by atoms with E-state index in [1.54, 1.807) is 0 Å². The van der Waals surface area contributed by atoms with Crippen LogP contribution in [0.4, 0.5) is 0 Å². The van der Waals surface area contributed by atoms with Crippen molar-refractivity contribution in [2.75, 3.05) is 60.0 Å². The summed E-state index contributed by atoms with van der Waals surface area (Å²) in [5.41, 5.74) is -0.125. The van der Waals surface area contributed by atoms with Gasteiger partial charge in [0.1, 0.15) is 30.1 Å². The number of hydrogen-bond donors (Lipinski definition) is 0. The Bertz CT molecular complexity index is 850. The molecule has 0 spiro atoms. The summed E-state index contributed by atoms with van der Waals surface area (Å²) in [6, 6.07) is 2.96. The van der Waals surface area contributed by atoms with Gasteiger partial charge in [-0.1, -0.05) is 0 Å². The summed E-state index contributed by atoms with van der Waals surface area (Å²) >= 11 is 0. The van der Waals surface area contributed by atoms with Gasteiger partial charge < -0.3 is 37.9 Å². The Morgan fingerprint density at radius 2 is 1.31 bits per heavy atom. The van der Waals surface area contributed by atoms with Crippen LogP contribution >= 0.6 is 0 Å². The van der Waals surface area contributed by atoms with Crippen LogP contribution in [0.15, 0.2) is 12.1 Å². The van der Waals surface area contributed by atoms with Gasteiger partial charge in [0.2, 0.25) is 0 Å². The summed E-state index contributed by atoms with van der Waals surface area (Å²) in [6.07, 6.45) is 0.961. The average molecular weight is 496 g/mol. The van der Waals surface area contributed by atoms with Gasteiger partial charge in [0, 0.05) is 13.2 Å². The third kappa shape index (κ3) is 7.11. The highest BCUT2D eigenvalue weighted by atomic mass is 16.6. The van der Waals surface area contributed by atoms with E-state index in [9.17, 15) is 9.59 Å². The van der Waals surface area contributed by atoms with Crippen LogP contribution in [-0.2, 0) is 33.2 Å². The van der Waals surface area contributed by atoms with E-state index in [1.165, 1.54) is 19.2 Å². The number of fused-ring (bicyclic) bond motifs is 4. The third-order valence-corrected chi connectivity index (χ3v) is 6.06. The maximum absolute atomic E-state index is 13.1. The summed E-state index contributed by atoms with van der Waals surface area (Å²) in [5.74, 6) is -1.17. The van der Waals surface area contributed by atoms with Crippen LogP contribution in [0.2, 0.25) is 0 Å². The Hall–Kier alpha value is -2.31. The molecular formula is C24H33NO10. The number of rotatable bonds is 1. The number of esters is 2. The maximum atomic E-state index is 13.1. The highest BCUT2D eigenvalue weighted by Crippen LogP contribution is 2.24. The van der Waals surface area contributed by atoms with Crippen molar-refractivity contribution in [1.29, 1.82) is 0 Å². The molecule has 1 aromatic rings. The molecule has 0 radical (unpaired) electrons. The quantitative estimate of drug-likeness (QED) is 0.528. The number of pyridine rings is 1. The summed E-state index contributed by atoms with van der Waals surface area (Å²) in [7, 11) is 1.42. The number of ether oxygens (including phenoxy) is 8. The van der Waals surface area contributed by atoms with Crippen LogP contribution in [0.5, 0.6) is 5.75 Å². The van der Waals surface area contributed by atoms with Gasteiger partial charge in [-0.3, -0.25) is 0 Å². The van der Waals surface area contributed by atoms with E-state index >= 15 is 0 Å². The molecule has 0 aromatic carbocycles. The molecule has 0 N–H and O–H groups in total. The monoisotopic (exact) mass is 495 g/mol. The first kappa shape index (κ1) is 25.8. The number of carbonyl (C=O) groups is 2. The van der Waals surface area contributed by atoms with Gasteiger partial charge >= 0.3 is 11.9 Å². The number of aromatic nitrogens is 1. The molecule has 11 heteroatoms. The van der Waals surface area contributed by atoms with Gasteiger partial charge in [-0.15, -0.1) is 0 Å². The number of methoxy groups -OCH3 is 1. The molecule has 0 unspecified atom stereocenters. The van der Waals surface area contributed by atoms with Gasteiger partial charge in [0.15, 0.2) is 11.4 Å². The molecule has 2 fully saturated rings. The van der Waals surface area contributed by atoms with Crippen molar-refractivity contribution in [3.63, 3.8) is 0 Å². The molecule has 3 aliphatic heterocycles. The first-order valence-corrected chi connectivity index (χ1v) is 12.1. The van der Waals surface area contributed by atoms with E-state index in [0.717, 1.165) is 12.8 Å². The fourth-order valence-corrected chi connectivity index (χ4v) is 4.20. The Morgan fingerprint density at radius 3 is 1.91 bits per heavy atom. The van der Waals surface area contributed by atoms with Gasteiger partial charge in [-0.2, -0.15) is 0 Å². The molecule has 4 rings (SSSR count). The first-order valence-electron chi connectivity index (χ1n) is 12.1. The van der Waals surface area contributed by atoms with Gasteiger partial charge in [0.25, 0.3) is 0 Å². The van der Waals surface area contributed by atoms with E-state index in [1.807, 2.05) is 0 Å². The predicted octanol–water partition coefficient (Wildman–Crippen LogP) is 1.56. The predicted molar refractivity (Wildman–Crippen MR) is 120 cm³/mol. The second-order valence-electron chi connectivity index (χ2n) is 8.50. The molecule has 0 saturated carbocycles. The van der Waals surface area contributed by atoms with E-state index in [2.05, 4.69) is 4.98 Å². The Kier molecular flexibility index (Phi) is 9.66. The molecule has 35 heavy (non-hydrogen) atoms. The second-order valence-corrected chi connectivity index (χ2v) is 8.50. The minimum Gasteiger partial charge on any atom is -0.494 e. The topological polar surface area (TPSA) is 121 Å².